The first kappa shape index (κ1) is 12.2. The summed E-state index contributed by atoms with van der Waals surface area (Å²) in [6.07, 6.45) is 4.70. The molecule has 5 nitrogen and oxygen atoms in total. The first-order valence-corrected chi connectivity index (χ1v) is 6.48. The topological polar surface area (TPSA) is 52.7 Å². The highest BCUT2D eigenvalue weighted by Gasteiger charge is 2.30. The Hall–Kier alpha value is -1.26. The fraction of sp³-hybridized carbons (Fsp3) is 0.833. The maximum Gasteiger partial charge on any atom is 0.317 e. The Morgan fingerprint density at radius 3 is 2.53 bits per heavy atom. The van der Waals surface area contributed by atoms with Gasteiger partial charge in [-0.2, -0.15) is 0 Å². The van der Waals surface area contributed by atoms with Crippen LogP contribution in [0.1, 0.15) is 32.1 Å². The Morgan fingerprint density at radius 1 is 1.24 bits per heavy atom. The molecule has 2 fully saturated rings. The van der Waals surface area contributed by atoms with Crippen LogP contribution in [-0.4, -0.2) is 54.5 Å². The van der Waals surface area contributed by atoms with Crippen LogP contribution < -0.4 is 5.32 Å². The second-order valence-electron chi connectivity index (χ2n) is 4.82. The van der Waals surface area contributed by atoms with Crippen molar-refractivity contribution in [3.8, 4) is 0 Å². The predicted molar refractivity (Wildman–Crippen MR) is 64.6 cm³/mol. The highest BCUT2D eigenvalue weighted by atomic mass is 16.2. The van der Waals surface area contributed by atoms with Gasteiger partial charge < -0.3 is 15.1 Å². The summed E-state index contributed by atoms with van der Waals surface area (Å²) in [5, 5.41) is 2.64. The van der Waals surface area contributed by atoms with Gasteiger partial charge in [-0.15, -0.1) is 0 Å². The van der Waals surface area contributed by atoms with E-state index in [1.54, 1.807) is 7.05 Å². The molecule has 0 unspecified atom stereocenters. The van der Waals surface area contributed by atoms with Crippen LogP contribution in [0.2, 0.25) is 0 Å². The summed E-state index contributed by atoms with van der Waals surface area (Å²) < 4.78 is 0. The molecule has 0 aromatic heterocycles. The standard InChI is InChI=1S/C12H21N3O2/c1-13-12(17)14-8-5-10(6-9-14)15-7-3-2-4-11(15)16/h10H,2-9H2,1H3,(H,13,17). The van der Waals surface area contributed by atoms with Crippen LogP contribution in [0, 0.1) is 0 Å². The molecule has 2 saturated heterocycles. The Kier molecular flexibility index (Phi) is 3.86. The molecular weight excluding hydrogens is 218 g/mol. The molecular formula is C12H21N3O2. The first-order chi connectivity index (χ1) is 8.22. The normalized spacial score (nSPS) is 22.8. The van der Waals surface area contributed by atoms with E-state index in [-0.39, 0.29) is 6.03 Å². The van der Waals surface area contributed by atoms with Crippen molar-refractivity contribution >= 4 is 11.9 Å². The average Bonchev–Trinajstić information content (AvgIpc) is 2.39. The van der Waals surface area contributed by atoms with E-state index in [0.717, 1.165) is 45.3 Å². The van der Waals surface area contributed by atoms with Crippen molar-refractivity contribution in [2.24, 2.45) is 0 Å². The number of nitrogens with zero attached hydrogens (tertiary/aromatic N) is 2. The summed E-state index contributed by atoms with van der Waals surface area (Å²) in [4.78, 5) is 27.1. The number of amides is 3. The van der Waals surface area contributed by atoms with Gasteiger partial charge in [-0.05, 0) is 25.7 Å². The van der Waals surface area contributed by atoms with Gasteiger partial charge in [-0.3, -0.25) is 4.79 Å². The van der Waals surface area contributed by atoms with E-state index in [9.17, 15) is 9.59 Å². The Bertz CT molecular complexity index is 298. The van der Waals surface area contributed by atoms with E-state index < -0.39 is 0 Å². The molecule has 2 rings (SSSR count). The average molecular weight is 239 g/mol. The van der Waals surface area contributed by atoms with Gasteiger partial charge in [0, 0.05) is 39.1 Å². The minimum atomic E-state index is -0.00609. The van der Waals surface area contributed by atoms with E-state index >= 15 is 0 Å². The number of hydrogen-bond donors (Lipinski definition) is 1. The highest BCUT2D eigenvalue weighted by molar-refractivity contribution is 5.77. The summed E-state index contributed by atoms with van der Waals surface area (Å²) in [6, 6.07) is 0.345. The molecule has 3 amide bonds. The van der Waals surface area contributed by atoms with Crippen molar-refractivity contribution in [1.29, 1.82) is 0 Å². The predicted octanol–water partition coefficient (Wildman–Crippen LogP) is 0.803. The van der Waals surface area contributed by atoms with Crippen LogP contribution in [0.4, 0.5) is 4.79 Å². The van der Waals surface area contributed by atoms with E-state index in [1.165, 1.54) is 0 Å². The van der Waals surface area contributed by atoms with Crippen LogP contribution in [-0.2, 0) is 4.79 Å². The van der Waals surface area contributed by atoms with Crippen LogP contribution in [0.25, 0.3) is 0 Å². The van der Waals surface area contributed by atoms with E-state index in [0.29, 0.717) is 18.4 Å². The number of rotatable bonds is 1. The van der Waals surface area contributed by atoms with Gasteiger partial charge in [0.15, 0.2) is 0 Å². The monoisotopic (exact) mass is 239 g/mol. The number of carbonyl (C=O) groups excluding carboxylic acids is 2. The lowest BCUT2D eigenvalue weighted by molar-refractivity contribution is -0.136. The lowest BCUT2D eigenvalue weighted by atomic mass is 10.00. The molecule has 2 aliphatic heterocycles. The van der Waals surface area contributed by atoms with Gasteiger partial charge in [0.25, 0.3) is 0 Å². The van der Waals surface area contributed by atoms with Crippen LogP contribution in [0.3, 0.4) is 0 Å². The Labute approximate surface area is 102 Å². The van der Waals surface area contributed by atoms with Crippen molar-refractivity contribution in [1.82, 2.24) is 15.1 Å². The van der Waals surface area contributed by atoms with Gasteiger partial charge in [-0.25, -0.2) is 4.79 Å². The van der Waals surface area contributed by atoms with Crippen molar-refractivity contribution in [2.45, 2.75) is 38.1 Å². The van der Waals surface area contributed by atoms with Gasteiger partial charge >= 0.3 is 6.03 Å². The van der Waals surface area contributed by atoms with E-state index in [1.807, 2.05) is 9.80 Å². The number of urea groups is 1. The smallest absolute Gasteiger partial charge is 0.317 e. The second kappa shape index (κ2) is 5.38. The maximum absolute atomic E-state index is 11.8. The molecule has 2 heterocycles. The molecule has 0 aliphatic carbocycles. The number of nitrogens with one attached hydrogen (secondary N) is 1. The van der Waals surface area contributed by atoms with Gasteiger partial charge in [-0.1, -0.05) is 0 Å². The molecule has 17 heavy (non-hydrogen) atoms. The van der Waals surface area contributed by atoms with Crippen molar-refractivity contribution in [2.75, 3.05) is 26.7 Å². The molecule has 5 heteroatoms. The van der Waals surface area contributed by atoms with E-state index in [2.05, 4.69) is 5.32 Å². The molecule has 0 aromatic carbocycles. The fourth-order valence-electron chi connectivity index (χ4n) is 2.75. The number of hydrogen-bond acceptors (Lipinski definition) is 2. The number of piperidine rings is 2. The summed E-state index contributed by atoms with van der Waals surface area (Å²) in [5.41, 5.74) is 0. The number of carbonyl (C=O) groups is 2. The largest absolute Gasteiger partial charge is 0.341 e. The molecule has 0 bridgehead atoms. The molecule has 0 atom stereocenters. The Morgan fingerprint density at radius 2 is 1.94 bits per heavy atom. The summed E-state index contributed by atoms with van der Waals surface area (Å²) in [5.74, 6) is 0.301. The van der Waals surface area contributed by atoms with Crippen molar-refractivity contribution < 1.29 is 9.59 Å². The first-order valence-electron chi connectivity index (χ1n) is 6.48. The van der Waals surface area contributed by atoms with Gasteiger partial charge in [0.2, 0.25) is 5.91 Å². The molecule has 0 aromatic rings. The minimum Gasteiger partial charge on any atom is -0.341 e. The Balaban J connectivity index is 1.86. The van der Waals surface area contributed by atoms with Gasteiger partial charge in [0.1, 0.15) is 0 Å². The van der Waals surface area contributed by atoms with Crippen molar-refractivity contribution in [3.05, 3.63) is 0 Å². The van der Waals surface area contributed by atoms with Crippen molar-refractivity contribution in [3.63, 3.8) is 0 Å². The fourth-order valence-corrected chi connectivity index (χ4v) is 2.75. The highest BCUT2D eigenvalue weighted by Crippen LogP contribution is 2.21. The SMILES string of the molecule is CNC(=O)N1CCC(N2CCCCC2=O)CC1. The molecule has 1 N–H and O–H groups in total. The maximum atomic E-state index is 11.8. The second-order valence-corrected chi connectivity index (χ2v) is 4.82. The summed E-state index contributed by atoms with van der Waals surface area (Å²) in [7, 11) is 1.66. The summed E-state index contributed by atoms with van der Waals surface area (Å²) >= 11 is 0. The lowest BCUT2D eigenvalue weighted by Crippen LogP contribution is -2.51. The third kappa shape index (κ3) is 2.70. The van der Waals surface area contributed by atoms with E-state index in [4.69, 9.17) is 0 Å². The quantitative estimate of drug-likeness (QED) is 0.736. The summed E-state index contributed by atoms with van der Waals surface area (Å²) in [6.45, 7) is 2.42. The minimum absolute atomic E-state index is 0.00609. The third-order valence-electron chi connectivity index (χ3n) is 3.77. The zero-order valence-corrected chi connectivity index (χ0v) is 10.4. The van der Waals surface area contributed by atoms with Crippen LogP contribution >= 0.6 is 0 Å². The molecule has 96 valence electrons. The molecule has 0 radical (unpaired) electrons. The zero-order valence-electron chi connectivity index (χ0n) is 10.4. The number of likely N-dealkylation sites (tertiary alicyclic amines) is 2. The third-order valence-corrected chi connectivity index (χ3v) is 3.77. The van der Waals surface area contributed by atoms with Crippen LogP contribution in [0.5, 0.6) is 0 Å². The molecule has 0 spiro atoms. The molecule has 2 aliphatic rings. The van der Waals surface area contributed by atoms with Gasteiger partial charge in [0.05, 0.1) is 0 Å². The van der Waals surface area contributed by atoms with Crippen LogP contribution in [0.15, 0.2) is 0 Å². The lowest BCUT2D eigenvalue weighted by Gasteiger charge is -2.40. The molecule has 0 saturated carbocycles. The zero-order chi connectivity index (χ0) is 12.3.